The summed E-state index contributed by atoms with van der Waals surface area (Å²) in [6, 6.07) is 3.32. The van der Waals surface area contributed by atoms with Crippen LogP contribution in [0.15, 0.2) is 12.1 Å². The molecule has 1 aromatic carbocycles. The third kappa shape index (κ3) is 5.75. The van der Waals surface area contributed by atoms with Gasteiger partial charge in [0.1, 0.15) is 0 Å². The number of amides is 2. The molecule has 7 nitrogen and oxygen atoms in total. The third-order valence-electron chi connectivity index (χ3n) is 5.09. The van der Waals surface area contributed by atoms with Crippen LogP contribution in [0.4, 0.5) is 5.69 Å². The molecule has 8 heteroatoms. The van der Waals surface area contributed by atoms with Crippen LogP contribution in [-0.2, 0) is 4.79 Å². The Morgan fingerprint density at radius 1 is 1.07 bits per heavy atom. The SMILES string of the molecule is COc1cc(NC(=O)CNCC2CC2)c(C(=O)N2CCCCC2)cc1OC.Cl. The second kappa shape index (κ2) is 10.5. The first kappa shape index (κ1) is 22.3. The lowest BCUT2D eigenvalue weighted by Gasteiger charge is -2.28. The molecule has 1 heterocycles. The zero-order chi connectivity index (χ0) is 19.2. The molecule has 156 valence electrons. The van der Waals surface area contributed by atoms with E-state index in [0.717, 1.165) is 38.9 Å². The number of methoxy groups -OCH3 is 2. The Bertz CT molecular complexity index is 688. The van der Waals surface area contributed by atoms with Gasteiger partial charge in [-0.25, -0.2) is 0 Å². The zero-order valence-electron chi connectivity index (χ0n) is 16.6. The molecule has 1 aromatic rings. The quantitative estimate of drug-likeness (QED) is 0.687. The van der Waals surface area contributed by atoms with E-state index in [-0.39, 0.29) is 30.8 Å². The van der Waals surface area contributed by atoms with Crippen LogP contribution in [0.5, 0.6) is 11.5 Å². The number of hydrogen-bond donors (Lipinski definition) is 2. The Morgan fingerprint density at radius 2 is 1.71 bits per heavy atom. The summed E-state index contributed by atoms with van der Waals surface area (Å²) < 4.78 is 10.7. The van der Waals surface area contributed by atoms with Gasteiger partial charge in [-0.3, -0.25) is 9.59 Å². The summed E-state index contributed by atoms with van der Waals surface area (Å²) >= 11 is 0. The van der Waals surface area contributed by atoms with E-state index in [4.69, 9.17) is 9.47 Å². The average Bonchev–Trinajstić information content (AvgIpc) is 3.52. The van der Waals surface area contributed by atoms with Crippen molar-refractivity contribution in [1.82, 2.24) is 10.2 Å². The highest BCUT2D eigenvalue weighted by Crippen LogP contribution is 2.34. The minimum Gasteiger partial charge on any atom is -0.493 e. The lowest BCUT2D eigenvalue weighted by Crippen LogP contribution is -2.36. The molecular formula is C20H30ClN3O4. The Kier molecular flexibility index (Phi) is 8.38. The van der Waals surface area contributed by atoms with Gasteiger partial charge in [0.2, 0.25) is 5.91 Å². The van der Waals surface area contributed by atoms with Gasteiger partial charge in [0.05, 0.1) is 32.0 Å². The number of benzene rings is 1. The first-order valence-electron chi connectivity index (χ1n) is 9.68. The number of nitrogens with one attached hydrogen (secondary N) is 2. The molecule has 3 rings (SSSR count). The second-order valence-corrected chi connectivity index (χ2v) is 7.23. The lowest BCUT2D eigenvalue weighted by molar-refractivity contribution is -0.115. The van der Waals surface area contributed by atoms with Crippen molar-refractivity contribution >= 4 is 29.9 Å². The van der Waals surface area contributed by atoms with Crippen LogP contribution in [-0.4, -0.2) is 57.1 Å². The minimum atomic E-state index is -0.171. The highest BCUT2D eigenvalue weighted by atomic mass is 35.5. The fourth-order valence-electron chi connectivity index (χ4n) is 3.33. The predicted molar refractivity (Wildman–Crippen MR) is 111 cm³/mol. The standard InChI is InChI=1S/C20H29N3O4.ClH/c1-26-17-10-15(20(25)23-8-4-3-5-9-23)16(11-18(17)27-2)22-19(24)13-21-12-14-6-7-14;/h10-11,14,21H,3-9,12-13H2,1-2H3,(H,22,24);1H. The van der Waals surface area contributed by atoms with E-state index in [0.29, 0.717) is 28.7 Å². The molecule has 2 amide bonds. The van der Waals surface area contributed by atoms with Crippen molar-refractivity contribution in [2.24, 2.45) is 5.92 Å². The van der Waals surface area contributed by atoms with Gasteiger partial charge in [-0.1, -0.05) is 0 Å². The number of likely N-dealkylation sites (tertiary alicyclic amines) is 1. The molecule has 1 aliphatic carbocycles. The molecule has 0 spiro atoms. The van der Waals surface area contributed by atoms with Crippen LogP contribution in [0.25, 0.3) is 0 Å². The summed E-state index contributed by atoms with van der Waals surface area (Å²) in [5.74, 6) is 1.40. The van der Waals surface area contributed by atoms with Crippen molar-refractivity contribution in [2.45, 2.75) is 32.1 Å². The van der Waals surface area contributed by atoms with Gasteiger partial charge in [0.25, 0.3) is 5.91 Å². The van der Waals surface area contributed by atoms with E-state index < -0.39 is 0 Å². The van der Waals surface area contributed by atoms with Crippen LogP contribution < -0.4 is 20.1 Å². The first-order valence-corrected chi connectivity index (χ1v) is 9.68. The van der Waals surface area contributed by atoms with Crippen molar-refractivity contribution in [3.05, 3.63) is 17.7 Å². The Hall–Kier alpha value is -1.99. The van der Waals surface area contributed by atoms with Gasteiger partial charge >= 0.3 is 0 Å². The normalized spacial score (nSPS) is 16.1. The number of rotatable bonds is 8. The number of nitrogens with zero attached hydrogens (tertiary/aromatic N) is 1. The average molecular weight is 412 g/mol. The molecule has 2 fully saturated rings. The summed E-state index contributed by atoms with van der Waals surface area (Å²) in [7, 11) is 3.07. The highest BCUT2D eigenvalue weighted by Gasteiger charge is 2.24. The molecule has 0 bridgehead atoms. The molecule has 28 heavy (non-hydrogen) atoms. The topological polar surface area (TPSA) is 79.9 Å². The third-order valence-corrected chi connectivity index (χ3v) is 5.09. The Balaban J connectivity index is 0.00000280. The van der Waals surface area contributed by atoms with E-state index in [1.807, 2.05) is 4.90 Å². The number of ether oxygens (including phenoxy) is 2. The Labute approximate surface area is 172 Å². The summed E-state index contributed by atoms with van der Waals surface area (Å²) in [6.45, 7) is 2.56. The van der Waals surface area contributed by atoms with Gasteiger partial charge in [0, 0.05) is 19.2 Å². The van der Waals surface area contributed by atoms with E-state index in [2.05, 4.69) is 10.6 Å². The largest absolute Gasteiger partial charge is 0.493 e. The van der Waals surface area contributed by atoms with Gasteiger partial charge in [-0.05, 0) is 50.6 Å². The number of piperidine rings is 1. The number of halogens is 1. The monoisotopic (exact) mass is 411 g/mol. The summed E-state index contributed by atoms with van der Waals surface area (Å²) in [5.41, 5.74) is 0.895. The van der Waals surface area contributed by atoms with Gasteiger partial charge in [0.15, 0.2) is 11.5 Å². The fraction of sp³-hybridized carbons (Fsp3) is 0.600. The smallest absolute Gasteiger partial charge is 0.256 e. The molecule has 0 aromatic heterocycles. The fourth-order valence-corrected chi connectivity index (χ4v) is 3.33. The van der Waals surface area contributed by atoms with E-state index >= 15 is 0 Å². The molecular weight excluding hydrogens is 382 g/mol. The summed E-state index contributed by atoms with van der Waals surface area (Å²) in [5, 5.41) is 6.03. The second-order valence-electron chi connectivity index (χ2n) is 7.23. The predicted octanol–water partition coefficient (Wildman–Crippen LogP) is 2.69. The highest BCUT2D eigenvalue weighted by molar-refractivity contribution is 6.05. The van der Waals surface area contributed by atoms with E-state index in [9.17, 15) is 9.59 Å². The number of carbonyl (C=O) groups is 2. The lowest BCUT2D eigenvalue weighted by atomic mass is 10.1. The van der Waals surface area contributed by atoms with Gasteiger partial charge in [-0.2, -0.15) is 0 Å². The molecule has 1 aliphatic heterocycles. The number of carbonyl (C=O) groups excluding carboxylic acids is 2. The maximum atomic E-state index is 13.0. The van der Waals surface area contributed by atoms with Gasteiger partial charge < -0.3 is 25.0 Å². The first-order chi connectivity index (χ1) is 13.1. The molecule has 1 saturated heterocycles. The minimum absolute atomic E-state index is 0. The van der Waals surface area contributed by atoms with Crippen LogP contribution in [0, 0.1) is 5.92 Å². The summed E-state index contributed by atoms with van der Waals surface area (Å²) in [4.78, 5) is 27.2. The number of hydrogen-bond acceptors (Lipinski definition) is 5. The Morgan fingerprint density at radius 3 is 2.32 bits per heavy atom. The molecule has 0 atom stereocenters. The molecule has 2 N–H and O–H groups in total. The van der Waals surface area contributed by atoms with Crippen molar-refractivity contribution in [1.29, 1.82) is 0 Å². The van der Waals surface area contributed by atoms with Gasteiger partial charge in [-0.15, -0.1) is 12.4 Å². The molecule has 2 aliphatic rings. The van der Waals surface area contributed by atoms with Crippen LogP contribution >= 0.6 is 12.4 Å². The van der Waals surface area contributed by atoms with Crippen molar-refractivity contribution in [3.63, 3.8) is 0 Å². The maximum Gasteiger partial charge on any atom is 0.256 e. The van der Waals surface area contributed by atoms with Crippen molar-refractivity contribution in [2.75, 3.05) is 45.7 Å². The van der Waals surface area contributed by atoms with Crippen molar-refractivity contribution < 1.29 is 19.1 Å². The van der Waals surface area contributed by atoms with E-state index in [1.165, 1.54) is 27.1 Å². The van der Waals surface area contributed by atoms with Crippen LogP contribution in [0.2, 0.25) is 0 Å². The number of anilines is 1. The maximum absolute atomic E-state index is 13.0. The zero-order valence-corrected chi connectivity index (χ0v) is 17.4. The van der Waals surface area contributed by atoms with Crippen LogP contribution in [0.1, 0.15) is 42.5 Å². The summed E-state index contributed by atoms with van der Waals surface area (Å²) in [6.07, 6.45) is 5.63. The molecule has 0 radical (unpaired) electrons. The van der Waals surface area contributed by atoms with Crippen LogP contribution in [0.3, 0.4) is 0 Å². The molecule has 1 saturated carbocycles. The van der Waals surface area contributed by atoms with Crippen molar-refractivity contribution in [3.8, 4) is 11.5 Å². The van der Waals surface area contributed by atoms with E-state index in [1.54, 1.807) is 12.1 Å². The molecule has 0 unspecified atom stereocenters.